The molecule has 1 aromatic carbocycles. The number of benzene rings is 1. The van der Waals surface area contributed by atoms with Gasteiger partial charge in [0.05, 0.1) is 12.3 Å². The molecule has 2 unspecified atom stereocenters. The summed E-state index contributed by atoms with van der Waals surface area (Å²) in [5.41, 5.74) is 4.28. The van der Waals surface area contributed by atoms with Gasteiger partial charge in [-0.25, -0.2) is 14.1 Å². The number of nitrogen functional groups attached to an aromatic ring is 1. The number of aliphatic hydroxyl groups excluding tert-OH is 2. The number of nitriles is 1. The molecule has 2 aromatic heterocycles. The van der Waals surface area contributed by atoms with Crippen molar-refractivity contribution < 1.29 is 38.1 Å². The minimum atomic E-state index is -4.29. The minimum Gasteiger partial charge on any atom is -0.461 e. The van der Waals surface area contributed by atoms with E-state index in [0.29, 0.717) is 5.52 Å². The number of nitrogens with two attached hydrogens (primary N) is 1. The second-order valence-corrected chi connectivity index (χ2v) is 11.3. The molecule has 40 heavy (non-hydrogen) atoms. The van der Waals surface area contributed by atoms with Crippen molar-refractivity contribution in [3.8, 4) is 11.8 Å². The molecule has 14 nitrogen and oxygen atoms in total. The highest BCUT2D eigenvalue weighted by Gasteiger charge is 2.58. The summed E-state index contributed by atoms with van der Waals surface area (Å²) < 4.78 is 37.6. The van der Waals surface area contributed by atoms with Gasteiger partial charge in [0.1, 0.15) is 54.1 Å². The highest BCUT2D eigenvalue weighted by atomic mass is 31.2. The van der Waals surface area contributed by atoms with Gasteiger partial charge in [-0.1, -0.05) is 18.2 Å². The number of nitrogens with zero attached hydrogens (tertiary/aromatic N) is 4. The molecule has 1 saturated heterocycles. The predicted molar refractivity (Wildman–Crippen MR) is 139 cm³/mol. The monoisotopic (exact) mass is 572 g/mol. The Bertz CT molecular complexity index is 1460. The Morgan fingerprint density at radius 2 is 2.08 bits per heavy atom. The molecule has 1 saturated carbocycles. The molecule has 6 atom stereocenters. The molecule has 3 heterocycles. The lowest BCUT2D eigenvalue weighted by atomic mass is 9.92. The fourth-order valence-corrected chi connectivity index (χ4v) is 5.98. The molecule has 0 radical (unpaired) electrons. The SMILES string of the molecule is C[C@H](NP(=O)(OC[C@H]1OC(C#N)(c2ccc3c(N)ncnn23)[C@H](O)[C@@H]1O)Oc1ccccc1)C(=O)OC1CCC1. The minimum absolute atomic E-state index is 0.0994. The average molecular weight is 573 g/mol. The van der Waals surface area contributed by atoms with Crippen LogP contribution in [0.2, 0.25) is 0 Å². The molecule has 0 bridgehead atoms. The Morgan fingerprint density at radius 1 is 1.32 bits per heavy atom. The summed E-state index contributed by atoms with van der Waals surface area (Å²) in [6.45, 7) is 0.881. The molecule has 5 rings (SSSR count). The maximum Gasteiger partial charge on any atom is 0.459 e. The summed E-state index contributed by atoms with van der Waals surface area (Å²) in [5.74, 6) is -0.297. The third-order valence-corrected chi connectivity index (χ3v) is 8.55. The van der Waals surface area contributed by atoms with Crippen LogP contribution in [0.3, 0.4) is 0 Å². The zero-order valence-corrected chi connectivity index (χ0v) is 22.4. The maximum atomic E-state index is 13.8. The molecule has 0 spiro atoms. The number of esters is 1. The van der Waals surface area contributed by atoms with Gasteiger partial charge in [-0.05, 0) is 50.5 Å². The number of nitrogens with one attached hydrogen (secondary N) is 1. The second-order valence-electron chi connectivity index (χ2n) is 9.64. The van der Waals surface area contributed by atoms with Crippen molar-refractivity contribution in [2.75, 3.05) is 12.3 Å². The number of anilines is 1. The van der Waals surface area contributed by atoms with Crippen molar-refractivity contribution in [1.29, 1.82) is 5.26 Å². The molecule has 1 aliphatic heterocycles. The van der Waals surface area contributed by atoms with Gasteiger partial charge in [0.15, 0.2) is 5.82 Å². The smallest absolute Gasteiger partial charge is 0.459 e. The van der Waals surface area contributed by atoms with Crippen molar-refractivity contribution >= 4 is 25.1 Å². The van der Waals surface area contributed by atoms with Crippen molar-refractivity contribution in [3.05, 3.63) is 54.5 Å². The number of fused-ring (bicyclic) bond motifs is 1. The number of rotatable bonds is 10. The highest BCUT2D eigenvalue weighted by molar-refractivity contribution is 7.52. The van der Waals surface area contributed by atoms with Crippen LogP contribution in [-0.4, -0.2) is 67.8 Å². The second kappa shape index (κ2) is 11.1. The Balaban J connectivity index is 1.35. The summed E-state index contributed by atoms with van der Waals surface area (Å²) in [6.07, 6.45) is -1.20. The van der Waals surface area contributed by atoms with Crippen molar-refractivity contribution in [2.45, 2.75) is 62.2 Å². The molecular formula is C25H29N6O8P. The molecule has 1 aliphatic carbocycles. The Morgan fingerprint density at radius 3 is 2.75 bits per heavy atom. The van der Waals surface area contributed by atoms with E-state index in [4.69, 9.17) is 24.3 Å². The van der Waals surface area contributed by atoms with Crippen LogP contribution in [0.15, 0.2) is 48.8 Å². The number of carbonyl (C=O) groups excluding carboxylic acids is 1. The van der Waals surface area contributed by atoms with E-state index in [9.17, 15) is 24.8 Å². The lowest BCUT2D eigenvalue weighted by Crippen LogP contribution is -2.41. The van der Waals surface area contributed by atoms with Crippen LogP contribution in [0.4, 0.5) is 5.82 Å². The number of aromatic nitrogens is 3. The van der Waals surface area contributed by atoms with Crippen LogP contribution in [0, 0.1) is 11.3 Å². The summed E-state index contributed by atoms with van der Waals surface area (Å²) >= 11 is 0. The molecule has 15 heteroatoms. The van der Waals surface area contributed by atoms with E-state index in [0.717, 1.165) is 19.3 Å². The lowest BCUT2D eigenvalue weighted by Gasteiger charge is -2.28. The molecule has 3 aromatic rings. The first-order valence-corrected chi connectivity index (χ1v) is 14.2. The molecule has 2 aliphatic rings. The fraction of sp³-hybridized carbons (Fsp3) is 0.440. The van der Waals surface area contributed by atoms with Crippen LogP contribution in [-0.2, 0) is 29.0 Å². The number of aliphatic hydroxyl groups is 2. The summed E-state index contributed by atoms with van der Waals surface area (Å²) in [7, 11) is -4.29. The van der Waals surface area contributed by atoms with Crippen molar-refractivity contribution in [2.24, 2.45) is 0 Å². The Kier molecular flexibility index (Phi) is 7.78. The molecular weight excluding hydrogens is 543 g/mol. The standard InChI is InChI=1S/C25H29N6O8P/c1-15(24(34)37-16-8-5-9-16)30-40(35,39-17-6-3-2-4-7-17)36-12-19-21(32)22(33)25(13-26,38-19)20-11-10-18-23(27)28-14-29-31(18)20/h2-4,6-7,10-11,14-16,19,21-22,32-33H,5,8-9,12H2,1H3,(H,30,35)(H2,27,28,29)/t15-,19+,21+,22+,25?,40?/m0/s1. The van der Waals surface area contributed by atoms with Gasteiger partial charge in [0.2, 0.25) is 5.60 Å². The van der Waals surface area contributed by atoms with Crippen molar-refractivity contribution in [3.63, 3.8) is 0 Å². The topological polar surface area (TPSA) is 204 Å². The quantitative estimate of drug-likeness (QED) is 0.201. The van der Waals surface area contributed by atoms with E-state index in [1.54, 1.807) is 36.4 Å². The molecule has 2 fully saturated rings. The summed E-state index contributed by atoms with van der Waals surface area (Å²) in [6, 6.07) is 12.0. The van der Waals surface area contributed by atoms with E-state index in [-0.39, 0.29) is 23.4 Å². The van der Waals surface area contributed by atoms with Gasteiger partial charge in [-0.3, -0.25) is 9.32 Å². The number of hydrogen-bond donors (Lipinski definition) is 4. The first-order chi connectivity index (χ1) is 19.2. The number of carbonyl (C=O) groups is 1. The van der Waals surface area contributed by atoms with Gasteiger partial charge >= 0.3 is 13.7 Å². The lowest BCUT2D eigenvalue weighted by molar-refractivity contribution is -0.154. The zero-order chi connectivity index (χ0) is 28.5. The summed E-state index contributed by atoms with van der Waals surface area (Å²) in [4.78, 5) is 16.4. The summed E-state index contributed by atoms with van der Waals surface area (Å²) in [5, 5.41) is 38.6. The van der Waals surface area contributed by atoms with Crippen LogP contribution in [0.5, 0.6) is 5.75 Å². The maximum absolute atomic E-state index is 13.8. The van der Waals surface area contributed by atoms with Gasteiger partial charge in [0.25, 0.3) is 0 Å². The first-order valence-electron chi connectivity index (χ1n) is 12.7. The third-order valence-electron chi connectivity index (χ3n) is 6.90. The van der Waals surface area contributed by atoms with Crippen LogP contribution in [0.1, 0.15) is 31.9 Å². The highest BCUT2D eigenvalue weighted by Crippen LogP contribution is 2.47. The number of para-hydroxylation sites is 1. The average Bonchev–Trinajstić information content (AvgIpc) is 3.46. The van der Waals surface area contributed by atoms with E-state index >= 15 is 0 Å². The largest absolute Gasteiger partial charge is 0.461 e. The molecule has 0 amide bonds. The Labute approximate surface area is 229 Å². The normalized spacial score (nSPS) is 26.9. The van der Waals surface area contributed by atoms with Crippen LogP contribution >= 0.6 is 7.75 Å². The molecule has 212 valence electrons. The number of ether oxygens (including phenoxy) is 2. The van der Waals surface area contributed by atoms with Crippen LogP contribution in [0.25, 0.3) is 5.52 Å². The van der Waals surface area contributed by atoms with Gasteiger partial charge in [-0.15, -0.1) is 0 Å². The predicted octanol–water partition coefficient (Wildman–Crippen LogP) is 1.43. The third kappa shape index (κ3) is 5.27. The zero-order valence-electron chi connectivity index (χ0n) is 21.5. The van der Waals surface area contributed by atoms with Crippen molar-refractivity contribution in [1.82, 2.24) is 19.7 Å². The van der Waals surface area contributed by atoms with E-state index in [1.165, 1.54) is 23.8 Å². The van der Waals surface area contributed by atoms with E-state index in [1.807, 2.05) is 6.07 Å². The molecule has 5 N–H and O–H groups in total. The first kappa shape index (κ1) is 28.0. The van der Waals surface area contributed by atoms with Gasteiger partial charge in [0, 0.05) is 0 Å². The Hall–Kier alpha value is -3.57. The van der Waals surface area contributed by atoms with E-state index < -0.39 is 50.3 Å². The fourth-order valence-electron chi connectivity index (χ4n) is 4.48. The van der Waals surface area contributed by atoms with Gasteiger partial charge < -0.3 is 29.9 Å². The number of hydrogen-bond acceptors (Lipinski definition) is 12. The van der Waals surface area contributed by atoms with E-state index in [2.05, 4.69) is 15.2 Å². The van der Waals surface area contributed by atoms with Crippen LogP contribution < -0.4 is 15.3 Å². The van der Waals surface area contributed by atoms with Gasteiger partial charge in [-0.2, -0.15) is 15.4 Å².